The van der Waals surface area contributed by atoms with Gasteiger partial charge in [0.1, 0.15) is 0 Å². The first-order valence-electron chi connectivity index (χ1n) is 6.31. The van der Waals surface area contributed by atoms with Crippen LogP contribution in [0.5, 0.6) is 0 Å². The molecule has 2 rings (SSSR count). The molecule has 0 spiro atoms. The molecule has 0 saturated heterocycles. The van der Waals surface area contributed by atoms with Crippen molar-refractivity contribution in [3.63, 3.8) is 0 Å². The van der Waals surface area contributed by atoms with Crippen LogP contribution in [0, 0.1) is 0 Å². The first-order valence-corrected chi connectivity index (χ1v) is 7.98. The van der Waals surface area contributed by atoms with Crippen LogP contribution in [0.3, 0.4) is 0 Å². The van der Waals surface area contributed by atoms with Crippen LogP contribution in [0.15, 0.2) is 46.3 Å². The Balaban J connectivity index is 2.13. The summed E-state index contributed by atoms with van der Waals surface area (Å²) in [4.78, 5) is 1.42. The molecule has 1 N–H and O–H groups in total. The lowest BCUT2D eigenvalue weighted by atomic mass is 10.0. The van der Waals surface area contributed by atoms with E-state index in [1.165, 1.54) is 14.9 Å². The van der Waals surface area contributed by atoms with E-state index in [1.54, 1.807) is 0 Å². The van der Waals surface area contributed by atoms with Gasteiger partial charge >= 0.3 is 0 Å². The van der Waals surface area contributed by atoms with Gasteiger partial charge in [-0.1, -0.05) is 47.1 Å². The minimum atomic E-state index is 0.420. The van der Waals surface area contributed by atoms with Crippen LogP contribution in [0.4, 0.5) is 0 Å². The van der Waals surface area contributed by atoms with Crippen molar-refractivity contribution in [3.05, 3.63) is 56.7 Å². The van der Waals surface area contributed by atoms with Gasteiger partial charge in [-0.2, -0.15) is 0 Å². The van der Waals surface area contributed by atoms with Crippen LogP contribution >= 0.6 is 27.3 Å². The molecule has 0 radical (unpaired) electrons. The Hall–Kier alpha value is -0.640. The summed E-state index contributed by atoms with van der Waals surface area (Å²) in [5.74, 6) is 0. The summed E-state index contributed by atoms with van der Waals surface area (Å²) in [5, 5.41) is 5.79. The smallest absolute Gasteiger partial charge is 0.0456 e. The molecule has 0 amide bonds. The molecule has 1 aromatic carbocycles. The lowest BCUT2D eigenvalue weighted by Crippen LogP contribution is -2.23. The Kier molecular flexibility index (Phi) is 5.42. The molecule has 0 fully saturated rings. The number of thiophene rings is 1. The van der Waals surface area contributed by atoms with Gasteiger partial charge in [0.2, 0.25) is 0 Å². The number of hydrogen-bond acceptors (Lipinski definition) is 2. The van der Waals surface area contributed by atoms with E-state index in [2.05, 4.69) is 69.9 Å². The van der Waals surface area contributed by atoms with Crippen LogP contribution < -0.4 is 5.32 Å². The van der Waals surface area contributed by atoms with Crippen LogP contribution in [0.1, 0.15) is 29.8 Å². The van der Waals surface area contributed by atoms with Gasteiger partial charge in [-0.3, -0.25) is 0 Å². The summed E-state index contributed by atoms with van der Waals surface area (Å²) >= 11 is 5.46. The second-order valence-corrected chi connectivity index (χ2v) is 6.15. The summed E-state index contributed by atoms with van der Waals surface area (Å²) in [6, 6.07) is 13.2. The highest BCUT2D eigenvalue weighted by Crippen LogP contribution is 2.26. The van der Waals surface area contributed by atoms with Crippen LogP contribution in [0.25, 0.3) is 0 Å². The first kappa shape index (κ1) is 13.8. The molecular formula is C15H18BrNS. The van der Waals surface area contributed by atoms with Crippen LogP contribution in [-0.2, 0) is 6.42 Å². The first-order chi connectivity index (χ1) is 8.81. The summed E-state index contributed by atoms with van der Waals surface area (Å²) < 4.78 is 1.20. The third kappa shape index (κ3) is 3.67. The third-order valence-electron chi connectivity index (χ3n) is 2.91. The van der Waals surface area contributed by atoms with Gasteiger partial charge in [-0.15, -0.1) is 11.3 Å². The van der Waals surface area contributed by atoms with Gasteiger partial charge in [0.15, 0.2) is 0 Å². The van der Waals surface area contributed by atoms with Crippen LogP contribution in [-0.4, -0.2) is 6.54 Å². The van der Waals surface area contributed by atoms with Gasteiger partial charge < -0.3 is 5.32 Å². The van der Waals surface area contributed by atoms with E-state index in [1.807, 2.05) is 11.3 Å². The Bertz CT molecular complexity index is 467. The fraction of sp³-hybridized carbons (Fsp3) is 0.333. The van der Waals surface area contributed by atoms with E-state index in [0.717, 1.165) is 19.4 Å². The zero-order valence-corrected chi connectivity index (χ0v) is 12.9. The maximum Gasteiger partial charge on any atom is 0.0456 e. The molecule has 0 aliphatic rings. The van der Waals surface area contributed by atoms with Gasteiger partial charge in [0.25, 0.3) is 0 Å². The molecule has 1 nitrogen and oxygen atoms in total. The van der Waals surface area contributed by atoms with Crippen molar-refractivity contribution in [2.45, 2.75) is 25.8 Å². The predicted octanol–water partition coefficient (Wildman–Crippen LogP) is 4.79. The molecule has 96 valence electrons. The largest absolute Gasteiger partial charge is 0.309 e. The van der Waals surface area contributed by atoms with Gasteiger partial charge in [-0.05, 0) is 42.5 Å². The van der Waals surface area contributed by atoms with Gasteiger partial charge in [0, 0.05) is 15.4 Å². The van der Waals surface area contributed by atoms with Crippen molar-refractivity contribution in [3.8, 4) is 0 Å². The topological polar surface area (TPSA) is 12.0 Å². The van der Waals surface area contributed by atoms with Crippen molar-refractivity contribution in [2.75, 3.05) is 6.54 Å². The predicted molar refractivity (Wildman–Crippen MR) is 83.2 cm³/mol. The van der Waals surface area contributed by atoms with E-state index in [9.17, 15) is 0 Å². The molecule has 1 unspecified atom stereocenters. The Morgan fingerprint density at radius 3 is 2.72 bits per heavy atom. The lowest BCUT2D eigenvalue weighted by Gasteiger charge is -2.18. The SMILES string of the molecule is CCCNC(Cc1ccccc1Br)c1cccs1. The maximum atomic E-state index is 3.64. The highest BCUT2D eigenvalue weighted by molar-refractivity contribution is 9.10. The molecule has 0 bridgehead atoms. The fourth-order valence-electron chi connectivity index (χ4n) is 1.97. The van der Waals surface area contributed by atoms with Crippen LogP contribution in [0.2, 0.25) is 0 Å². The van der Waals surface area contributed by atoms with E-state index < -0.39 is 0 Å². The van der Waals surface area contributed by atoms with E-state index in [0.29, 0.717) is 6.04 Å². The quantitative estimate of drug-likeness (QED) is 0.805. The monoisotopic (exact) mass is 323 g/mol. The standard InChI is InChI=1S/C15H18BrNS/c1-2-9-17-14(15-8-5-10-18-15)11-12-6-3-4-7-13(12)16/h3-8,10,14,17H,2,9,11H2,1H3. The molecule has 18 heavy (non-hydrogen) atoms. The Morgan fingerprint density at radius 2 is 2.06 bits per heavy atom. The average Bonchev–Trinajstić information content (AvgIpc) is 2.90. The average molecular weight is 324 g/mol. The number of halogens is 1. The molecule has 1 heterocycles. The van der Waals surface area contributed by atoms with Gasteiger partial charge in [-0.25, -0.2) is 0 Å². The van der Waals surface area contributed by atoms with Crippen molar-refractivity contribution < 1.29 is 0 Å². The number of benzene rings is 1. The van der Waals surface area contributed by atoms with Crippen molar-refractivity contribution in [1.29, 1.82) is 0 Å². The van der Waals surface area contributed by atoms with E-state index >= 15 is 0 Å². The van der Waals surface area contributed by atoms with Crippen molar-refractivity contribution in [1.82, 2.24) is 5.32 Å². The maximum absolute atomic E-state index is 3.64. The minimum absolute atomic E-state index is 0.420. The molecule has 0 aliphatic heterocycles. The third-order valence-corrected chi connectivity index (χ3v) is 4.67. The number of rotatable bonds is 6. The molecule has 1 aromatic heterocycles. The van der Waals surface area contributed by atoms with E-state index in [-0.39, 0.29) is 0 Å². The highest BCUT2D eigenvalue weighted by Gasteiger charge is 2.13. The minimum Gasteiger partial charge on any atom is -0.309 e. The summed E-state index contributed by atoms with van der Waals surface area (Å²) in [5.41, 5.74) is 1.36. The highest BCUT2D eigenvalue weighted by atomic mass is 79.9. The van der Waals surface area contributed by atoms with Crippen molar-refractivity contribution in [2.24, 2.45) is 0 Å². The summed E-state index contributed by atoms with van der Waals surface area (Å²) in [6.07, 6.45) is 2.19. The Labute approximate surface area is 121 Å². The second kappa shape index (κ2) is 7.07. The number of hydrogen-bond donors (Lipinski definition) is 1. The molecule has 3 heteroatoms. The molecule has 0 saturated carbocycles. The zero-order chi connectivity index (χ0) is 12.8. The molecule has 2 aromatic rings. The number of nitrogens with one attached hydrogen (secondary N) is 1. The van der Waals surface area contributed by atoms with E-state index in [4.69, 9.17) is 0 Å². The molecule has 0 aliphatic carbocycles. The normalized spacial score (nSPS) is 12.6. The summed E-state index contributed by atoms with van der Waals surface area (Å²) in [6.45, 7) is 3.27. The summed E-state index contributed by atoms with van der Waals surface area (Å²) in [7, 11) is 0. The zero-order valence-electron chi connectivity index (χ0n) is 10.5. The van der Waals surface area contributed by atoms with Crippen molar-refractivity contribution >= 4 is 27.3 Å². The lowest BCUT2D eigenvalue weighted by molar-refractivity contribution is 0.536. The van der Waals surface area contributed by atoms with Gasteiger partial charge in [0.05, 0.1) is 0 Å². The second-order valence-electron chi connectivity index (χ2n) is 4.32. The molecule has 1 atom stereocenters. The fourth-order valence-corrected chi connectivity index (χ4v) is 3.21. The Morgan fingerprint density at radius 1 is 1.22 bits per heavy atom. The molecular weight excluding hydrogens is 306 g/mol.